The number of rotatable bonds is 10. The predicted molar refractivity (Wildman–Crippen MR) is 124 cm³/mol. The lowest BCUT2D eigenvalue weighted by atomic mass is 10.2. The van der Waals surface area contributed by atoms with Crippen molar-refractivity contribution in [1.29, 1.82) is 0 Å². The molecule has 1 heterocycles. The van der Waals surface area contributed by atoms with Crippen LogP contribution in [-0.4, -0.2) is 39.2 Å². The molecule has 0 saturated carbocycles. The van der Waals surface area contributed by atoms with Gasteiger partial charge < -0.3 is 24.8 Å². The van der Waals surface area contributed by atoms with Crippen molar-refractivity contribution in [1.82, 2.24) is 10.6 Å². The average Bonchev–Trinajstić information content (AvgIpc) is 3.35. The molecule has 0 bridgehead atoms. The molecule has 0 aliphatic rings. The molecule has 0 fully saturated rings. The molecule has 3 aromatic rings. The Labute approximate surface area is 190 Å². The summed E-state index contributed by atoms with van der Waals surface area (Å²) in [6, 6.07) is 17.6. The standard InChI is InChI=1S/C24H24N2O5S/c1-29-18-7-5-17(6-8-18)23(27)26-22(16-21-4-3-15-32-21)24(28)25-13-14-31-20-11-9-19(30-2)10-12-20/h3-12,15-16H,13-14H2,1-2H3,(H,25,28)(H,26,27)/b22-16-. The third kappa shape index (κ3) is 6.61. The summed E-state index contributed by atoms with van der Waals surface area (Å²) in [4.78, 5) is 26.2. The van der Waals surface area contributed by atoms with Crippen molar-refractivity contribution in [2.24, 2.45) is 0 Å². The average molecular weight is 453 g/mol. The molecule has 0 atom stereocenters. The first-order chi connectivity index (χ1) is 15.6. The first kappa shape index (κ1) is 22.9. The quantitative estimate of drug-likeness (QED) is 0.362. The van der Waals surface area contributed by atoms with Gasteiger partial charge in [-0.05, 0) is 66.1 Å². The van der Waals surface area contributed by atoms with Crippen molar-refractivity contribution in [3.05, 3.63) is 82.2 Å². The Morgan fingerprint density at radius 1 is 0.906 bits per heavy atom. The van der Waals surface area contributed by atoms with E-state index in [1.165, 1.54) is 11.3 Å². The number of nitrogens with one attached hydrogen (secondary N) is 2. The fraction of sp³-hybridized carbons (Fsp3) is 0.167. The number of thiophene rings is 1. The highest BCUT2D eigenvalue weighted by Crippen LogP contribution is 2.17. The van der Waals surface area contributed by atoms with Crippen molar-refractivity contribution in [3.8, 4) is 17.2 Å². The van der Waals surface area contributed by atoms with E-state index in [1.54, 1.807) is 68.8 Å². The molecule has 166 valence electrons. The minimum atomic E-state index is -0.404. The van der Waals surface area contributed by atoms with Crippen LogP contribution in [0.2, 0.25) is 0 Å². The zero-order valence-electron chi connectivity index (χ0n) is 17.8. The Morgan fingerprint density at radius 3 is 2.12 bits per heavy atom. The van der Waals surface area contributed by atoms with E-state index in [0.29, 0.717) is 17.1 Å². The molecule has 2 amide bonds. The number of amides is 2. The third-order valence-electron chi connectivity index (χ3n) is 4.39. The van der Waals surface area contributed by atoms with Gasteiger partial charge in [0.15, 0.2) is 0 Å². The smallest absolute Gasteiger partial charge is 0.267 e. The molecule has 0 spiro atoms. The lowest BCUT2D eigenvalue weighted by Crippen LogP contribution is -2.36. The molecule has 0 aliphatic heterocycles. The van der Waals surface area contributed by atoms with Gasteiger partial charge in [-0.3, -0.25) is 9.59 Å². The molecule has 8 heteroatoms. The van der Waals surface area contributed by atoms with Gasteiger partial charge in [-0.1, -0.05) is 6.07 Å². The molecular weight excluding hydrogens is 428 g/mol. The van der Waals surface area contributed by atoms with Gasteiger partial charge in [-0.15, -0.1) is 11.3 Å². The largest absolute Gasteiger partial charge is 0.497 e. The highest BCUT2D eigenvalue weighted by Gasteiger charge is 2.15. The van der Waals surface area contributed by atoms with Crippen molar-refractivity contribution in [3.63, 3.8) is 0 Å². The van der Waals surface area contributed by atoms with Crippen molar-refractivity contribution >= 4 is 29.2 Å². The summed E-state index contributed by atoms with van der Waals surface area (Å²) in [7, 11) is 3.15. The maximum absolute atomic E-state index is 12.7. The monoisotopic (exact) mass is 452 g/mol. The minimum Gasteiger partial charge on any atom is -0.497 e. The van der Waals surface area contributed by atoms with Crippen LogP contribution in [0.5, 0.6) is 17.2 Å². The van der Waals surface area contributed by atoms with Gasteiger partial charge in [0.2, 0.25) is 0 Å². The van der Waals surface area contributed by atoms with E-state index < -0.39 is 5.91 Å². The number of hydrogen-bond donors (Lipinski definition) is 2. The zero-order valence-corrected chi connectivity index (χ0v) is 18.6. The first-order valence-corrected chi connectivity index (χ1v) is 10.7. The normalized spacial score (nSPS) is 10.9. The SMILES string of the molecule is COc1ccc(OCCNC(=O)/C(=C/c2cccs2)NC(=O)c2ccc(OC)cc2)cc1. The van der Waals surface area contributed by atoms with Crippen LogP contribution in [0.1, 0.15) is 15.2 Å². The molecule has 1 aromatic heterocycles. The van der Waals surface area contributed by atoms with Crippen LogP contribution in [0, 0.1) is 0 Å². The predicted octanol–water partition coefficient (Wildman–Crippen LogP) is 3.73. The second kappa shape index (κ2) is 11.6. The van der Waals surface area contributed by atoms with E-state index in [4.69, 9.17) is 14.2 Å². The zero-order chi connectivity index (χ0) is 22.8. The molecule has 32 heavy (non-hydrogen) atoms. The van der Waals surface area contributed by atoms with E-state index in [0.717, 1.165) is 10.6 Å². The summed E-state index contributed by atoms with van der Waals surface area (Å²) in [6.07, 6.45) is 1.64. The van der Waals surface area contributed by atoms with E-state index in [2.05, 4.69) is 10.6 Å². The number of methoxy groups -OCH3 is 2. The van der Waals surface area contributed by atoms with E-state index >= 15 is 0 Å². The number of benzene rings is 2. The van der Waals surface area contributed by atoms with Crippen molar-refractivity contribution in [2.75, 3.05) is 27.4 Å². The van der Waals surface area contributed by atoms with Crippen molar-refractivity contribution in [2.45, 2.75) is 0 Å². The lowest BCUT2D eigenvalue weighted by molar-refractivity contribution is -0.117. The second-order valence-electron chi connectivity index (χ2n) is 6.54. The van der Waals surface area contributed by atoms with Crippen LogP contribution in [-0.2, 0) is 4.79 Å². The maximum atomic E-state index is 12.7. The Kier molecular flexibility index (Phi) is 8.28. The number of carbonyl (C=O) groups excluding carboxylic acids is 2. The lowest BCUT2D eigenvalue weighted by Gasteiger charge is -2.12. The molecule has 0 aliphatic carbocycles. The van der Waals surface area contributed by atoms with Crippen LogP contribution < -0.4 is 24.8 Å². The summed E-state index contributed by atoms with van der Waals surface area (Å²) in [5.74, 6) is 1.26. The highest BCUT2D eigenvalue weighted by molar-refractivity contribution is 7.10. The Balaban J connectivity index is 1.60. The highest BCUT2D eigenvalue weighted by atomic mass is 32.1. The molecule has 7 nitrogen and oxygen atoms in total. The summed E-state index contributed by atoms with van der Waals surface area (Å²) >= 11 is 1.47. The molecule has 3 rings (SSSR count). The van der Waals surface area contributed by atoms with Gasteiger partial charge in [0.1, 0.15) is 29.6 Å². The van der Waals surface area contributed by atoms with Gasteiger partial charge in [0, 0.05) is 10.4 Å². The fourth-order valence-electron chi connectivity index (χ4n) is 2.71. The number of carbonyl (C=O) groups is 2. The Hall–Kier alpha value is -3.78. The van der Waals surface area contributed by atoms with Crippen LogP contribution in [0.15, 0.2) is 71.7 Å². The molecule has 0 unspecified atom stereocenters. The van der Waals surface area contributed by atoms with Crippen LogP contribution in [0.3, 0.4) is 0 Å². The molecule has 2 aromatic carbocycles. The van der Waals surface area contributed by atoms with Crippen molar-refractivity contribution < 1.29 is 23.8 Å². The van der Waals surface area contributed by atoms with Gasteiger partial charge in [-0.25, -0.2) is 0 Å². The third-order valence-corrected chi connectivity index (χ3v) is 5.21. The van der Waals surface area contributed by atoms with Gasteiger partial charge in [0.05, 0.1) is 20.8 Å². The Bertz CT molecular complexity index is 1050. The van der Waals surface area contributed by atoms with Crippen LogP contribution in [0.4, 0.5) is 0 Å². The molecule has 2 N–H and O–H groups in total. The van der Waals surface area contributed by atoms with E-state index in [1.807, 2.05) is 17.5 Å². The minimum absolute atomic E-state index is 0.151. The molecule has 0 saturated heterocycles. The molecule has 0 radical (unpaired) electrons. The first-order valence-electron chi connectivity index (χ1n) is 9.84. The summed E-state index contributed by atoms with van der Waals surface area (Å²) in [6.45, 7) is 0.543. The number of ether oxygens (including phenoxy) is 3. The Morgan fingerprint density at radius 2 is 1.53 bits per heavy atom. The van der Waals surface area contributed by atoms with Gasteiger partial charge in [0.25, 0.3) is 11.8 Å². The van der Waals surface area contributed by atoms with Crippen LogP contribution in [0.25, 0.3) is 6.08 Å². The second-order valence-corrected chi connectivity index (χ2v) is 7.52. The van der Waals surface area contributed by atoms with E-state index in [-0.39, 0.29) is 24.8 Å². The van der Waals surface area contributed by atoms with Crippen LogP contribution >= 0.6 is 11.3 Å². The van der Waals surface area contributed by atoms with Gasteiger partial charge >= 0.3 is 0 Å². The topological polar surface area (TPSA) is 85.9 Å². The van der Waals surface area contributed by atoms with E-state index in [9.17, 15) is 9.59 Å². The maximum Gasteiger partial charge on any atom is 0.267 e. The number of hydrogen-bond acceptors (Lipinski definition) is 6. The summed E-state index contributed by atoms with van der Waals surface area (Å²) in [5.41, 5.74) is 0.566. The summed E-state index contributed by atoms with van der Waals surface area (Å²) < 4.78 is 15.9. The summed E-state index contributed by atoms with van der Waals surface area (Å²) in [5, 5.41) is 7.38. The molecular formula is C24H24N2O5S. The fourth-order valence-corrected chi connectivity index (χ4v) is 3.37. The van der Waals surface area contributed by atoms with Gasteiger partial charge in [-0.2, -0.15) is 0 Å².